The number of aromatic nitrogens is 6. The zero-order valence-corrected chi connectivity index (χ0v) is 56.8. The zero-order chi connectivity index (χ0) is 66.3. The summed E-state index contributed by atoms with van der Waals surface area (Å²) >= 11 is 3.73. The second-order valence-electron chi connectivity index (χ2n) is 27.3. The first kappa shape index (κ1) is 65.4. The number of hydrogen-bond acceptors (Lipinski definition) is 18. The van der Waals surface area contributed by atoms with Crippen molar-refractivity contribution in [3.63, 3.8) is 0 Å². The van der Waals surface area contributed by atoms with Crippen molar-refractivity contribution in [3.05, 3.63) is 139 Å². The number of anilines is 6. The Morgan fingerprint density at radius 3 is 1.13 bits per heavy atom. The summed E-state index contributed by atoms with van der Waals surface area (Å²) in [5.41, 5.74) is 28.2. The molecule has 3 aromatic carbocycles. The number of carbonyl (C=O) groups is 3. The molecule has 3 aliphatic carbocycles. The maximum atomic E-state index is 15.0. The third kappa shape index (κ3) is 14.4. The first-order valence-electron chi connectivity index (χ1n) is 33.3. The fourth-order valence-electron chi connectivity index (χ4n) is 15.1. The van der Waals surface area contributed by atoms with Crippen molar-refractivity contribution in [2.45, 2.75) is 111 Å². The molecule has 24 heteroatoms. The minimum Gasteiger partial charge on any atom is -0.396 e. The smallest absolute Gasteiger partial charge is 0.263 e. The minimum absolute atomic E-state index is 0.0332. The molecule has 0 radical (unpaired) electrons. The quantitative estimate of drug-likeness (QED) is 0.0558. The second kappa shape index (κ2) is 27.9. The van der Waals surface area contributed by atoms with Gasteiger partial charge in [0, 0.05) is 77.5 Å². The van der Waals surface area contributed by atoms with Crippen LogP contribution in [0.5, 0.6) is 0 Å². The minimum atomic E-state index is -0.252. The van der Waals surface area contributed by atoms with Crippen LogP contribution in [0.3, 0.4) is 0 Å². The van der Waals surface area contributed by atoms with Gasteiger partial charge in [-0.3, -0.25) is 14.4 Å². The van der Waals surface area contributed by atoms with Crippen LogP contribution in [0.25, 0.3) is 31.0 Å². The van der Waals surface area contributed by atoms with Gasteiger partial charge in [0.05, 0.1) is 51.2 Å². The van der Waals surface area contributed by atoms with E-state index >= 15 is 0 Å². The number of aryl methyl sites for hydroxylation is 3. The van der Waals surface area contributed by atoms with E-state index in [0.717, 1.165) is 73.0 Å². The summed E-state index contributed by atoms with van der Waals surface area (Å²) in [6.45, 7) is 16.4. The summed E-state index contributed by atoms with van der Waals surface area (Å²) in [4.78, 5) is 74.0. The molecule has 15 rings (SSSR count). The van der Waals surface area contributed by atoms with Gasteiger partial charge in [0.25, 0.3) is 17.7 Å². The van der Waals surface area contributed by atoms with Gasteiger partial charge >= 0.3 is 0 Å². The Kier molecular flexibility index (Phi) is 19.2. The Hall–Kier alpha value is -8.22. The molecule has 3 amide bonds. The monoisotopic (exact) mass is 1350 g/mol. The Bertz CT molecular complexity index is 4150. The third-order valence-electron chi connectivity index (χ3n) is 20.1. The van der Waals surface area contributed by atoms with Gasteiger partial charge < -0.3 is 47.9 Å². The Balaban J connectivity index is 0.000000129. The van der Waals surface area contributed by atoms with E-state index in [1.165, 1.54) is 91.8 Å². The van der Waals surface area contributed by atoms with Gasteiger partial charge in [-0.25, -0.2) is 43.1 Å². The molecule has 8 atom stereocenters. The lowest BCUT2D eigenvalue weighted by molar-refractivity contribution is 0.0948. The van der Waals surface area contributed by atoms with Gasteiger partial charge in [0.15, 0.2) is 0 Å². The number of rotatable bonds is 15. The van der Waals surface area contributed by atoms with Crippen LogP contribution in [0.2, 0.25) is 0 Å². The molecule has 6 bridgehead atoms. The molecule has 0 spiro atoms. The van der Waals surface area contributed by atoms with Crippen LogP contribution in [0.4, 0.5) is 47.3 Å². The van der Waals surface area contributed by atoms with Gasteiger partial charge in [0.2, 0.25) is 0 Å². The van der Waals surface area contributed by atoms with Crippen LogP contribution in [0, 0.1) is 73.7 Å². The van der Waals surface area contributed by atoms with Crippen LogP contribution in [0.1, 0.15) is 146 Å². The first-order valence-corrected chi connectivity index (χ1v) is 35.7. The van der Waals surface area contributed by atoms with Crippen molar-refractivity contribution < 1.29 is 27.6 Å². The normalized spacial score (nSPS) is 20.9. The van der Waals surface area contributed by atoms with Crippen LogP contribution < -0.4 is 47.9 Å². The van der Waals surface area contributed by atoms with Gasteiger partial charge in [-0.15, -0.1) is 34.0 Å². The number of nitrogen functional groups attached to an aromatic ring is 3. The van der Waals surface area contributed by atoms with E-state index in [9.17, 15) is 27.6 Å². The van der Waals surface area contributed by atoms with E-state index in [2.05, 4.69) is 60.6 Å². The predicted octanol–water partition coefficient (Wildman–Crippen LogP) is 12.9. The Morgan fingerprint density at radius 1 is 0.484 bits per heavy atom. The molecule has 18 nitrogen and oxygen atoms in total. The molecule has 9 aromatic rings. The maximum Gasteiger partial charge on any atom is 0.263 e. The number of amides is 3. The standard InChI is InChI=1S/2C24H28FN5OS.C23H26FN5OS/c2*1-13(9-28-23(31)22-20(26)21-24(32-22)29-14(2)10-27-21)17-5-6-19(18(25)8-17)30-11-15-3-4-16(7-15)12-30;1-13-10-27-20-19(25)21(31-23(20)28-13)22(30)26-7-6-14-4-5-18(17(24)9-14)29-11-15-2-3-16(8-15)12-29/h2*5-6,8,10,13,15-16H,3-4,7,9,11-12,26H2,1-2H3,(H,28,31);4-5,9-10,15-16H,2-3,6-8,11-12,25H2,1H3,(H,26,30)/t13-,15?,16?;;/m0../s1. The Labute approximate surface area is 563 Å². The molecular weight excluding hydrogens is 1260 g/mol. The summed E-state index contributed by atoms with van der Waals surface area (Å²) in [6, 6.07) is 16.5. The van der Waals surface area contributed by atoms with Gasteiger partial charge in [-0.1, -0.05) is 32.0 Å². The lowest BCUT2D eigenvalue weighted by Crippen LogP contribution is -2.36. The largest absolute Gasteiger partial charge is 0.396 e. The number of nitrogens with one attached hydrogen (secondary N) is 3. The third-order valence-corrected chi connectivity index (χ3v) is 23.3. The van der Waals surface area contributed by atoms with Gasteiger partial charge in [-0.2, -0.15) is 0 Å². The van der Waals surface area contributed by atoms with Gasteiger partial charge in [0.1, 0.15) is 63.1 Å². The van der Waals surface area contributed by atoms with Crippen LogP contribution in [-0.4, -0.2) is 107 Å². The molecule has 6 aromatic heterocycles. The maximum absolute atomic E-state index is 15.0. The number of carbonyl (C=O) groups excluding carboxylic acids is 3. The average molecular weight is 1350 g/mol. The summed E-state index contributed by atoms with van der Waals surface area (Å²) < 4.78 is 44.8. The fourth-order valence-corrected chi connectivity index (χ4v) is 18.1. The second-order valence-corrected chi connectivity index (χ2v) is 30.3. The molecule has 6 aliphatic rings. The average Bonchev–Trinajstić information content (AvgIpc) is 1.82. The molecule has 3 saturated carbocycles. The molecule has 9 N–H and O–H groups in total. The van der Waals surface area contributed by atoms with E-state index in [0.29, 0.717) is 141 Å². The number of nitrogens with zero attached hydrogens (tertiary/aromatic N) is 9. The van der Waals surface area contributed by atoms with Crippen molar-refractivity contribution in [1.82, 2.24) is 45.9 Å². The lowest BCUT2D eigenvalue weighted by atomic mass is 9.96. The summed E-state index contributed by atoms with van der Waals surface area (Å²) in [5.74, 6) is 2.90. The molecule has 9 heterocycles. The highest BCUT2D eigenvalue weighted by atomic mass is 32.1. The molecule has 7 unspecified atom stereocenters. The van der Waals surface area contributed by atoms with Crippen LogP contribution in [0.15, 0.2) is 73.2 Å². The highest BCUT2D eigenvalue weighted by molar-refractivity contribution is 7.22. The number of thiophene rings is 3. The molecule has 6 fully saturated rings. The van der Waals surface area contributed by atoms with Crippen LogP contribution >= 0.6 is 34.0 Å². The van der Waals surface area contributed by atoms with E-state index in [-0.39, 0.29) is 47.0 Å². The van der Waals surface area contributed by atoms with E-state index in [4.69, 9.17) is 17.2 Å². The number of halogens is 3. The highest BCUT2D eigenvalue weighted by Crippen LogP contribution is 2.43. The number of hydrogen-bond donors (Lipinski definition) is 6. The summed E-state index contributed by atoms with van der Waals surface area (Å²) in [6.07, 6.45) is 17.0. The van der Waals surface area contributed by atoms with Crippen molar-refractivity contribution in [3.8, 4) is 0 Å². The molecular formula is C71H82F3N15O3S3. The molecule has 3 saturated heterocycles. The molecule has 95 heavy (non-hydrogen) atoms. The zero-order valence-electron chi connectivity index (χ0n) is 54.3. The highest BCUT2D eigenvalue weighted by Gasteiger charge is 2.37. The summed E-state index contributed by atoms with van der Waals surface area (Å²) in [7, 11) is 0. The molecule has 3 aliphatic heterocycles. The van der Waals surface area contributed by atoms with Crippen molar-refractivity contribution in [2.75, 3.05) is 90.8 Å². The van der Waals surface area contributed by atoms with E-state index in [1.54, 1.807) is 36.8 Å². The van der Waals surface area contributed by atoms with E-state index < -0.39 is 0 Å². The topological polar surface area (TPSA) is 252 Å². The number of benzene rings is 3. The predicted molar refractivity (Wildman–Crippen MR) is 376 cm³/mol. The SMILES string of the molecule is Cc1cnc2c(N)c(C(=O)NCC(C)c3ccc(N4CC5CCC(C5)C4)c(F)c3)sc2n1.Cc1cnc2c(N)c(C(=O)NCCc3ccc(N4CC5CCC(C5)C4)c(F)c3)sc2n1.Cc1cnc2c(N)c(C(=O)NC[C@H](C)c3ccc(N4CC5CCC(C5)C4)c(F)c3)sc2n1. The first-order chi connectivity index (χ1) is 45.7. The van der Waals surface area contributed by atoms with Crippen molar-refractivity contribution in [1.29, 1.82) is 0 Å². The van der Waals surface area contributed by atoms with Gasteiger partial charge in [-0.05, 0) is 185 Å². The number of nitrogens with two attached hydrogens (primary N) is 3. The fraction of sp³-hybridized carbons (Fsp3) is 0.451. The van der Waals surface area contributed by atoms with Crippen LogP contribution in [-0.2, 0) is 6.42 Å². The Morgan fingerprint density at radius 2 is 0.800 bits per heavy atom. The number of piperidine rings is 3. The van der Waals surface area contributed by atoms with E-state index in [1.807, 2.05) is 71.0 Å². The van der Waals surface area contributed by atoms with Crippen molar-refractivity contribution >= 4 is 117 Å². The van der Waals surface area contributed by atoms with Crippen molar-refractivity contribution in [2.24, 2.45) is 35.5 Å². The molecule has 498 valence electrons. The lowest BCUT2D eigenvalue weighted by Gasteiger charge is -2.34. The number of fused-ring (bicyclic) bond motifs is 9. The summed E-state index contributed by atoms with van der Waals surface area (Å²) in [5, 5.41) is 8.75.